The maximum atomic E-state index is 13.4. The number of carbonyl (C=O) groups is 3. The molecule has 3 aromatic carbocycles. The molecule has 1 amide bonds. The van der Waals surface area contributed by atoms with E-state index in [4.69, 9.17) is 9.57 Å². The minimum absolute atomic E-state index is 0.0980. The first-order valence-corrected chi connectivity index (χ1v) is 13.4. The standard InChI is InChI=1S/C31H30N2O6S/c1-19(34)33(39-21(3)36)28(22-10-13-25(14-11-22)32(4)5)17-24(18-38-20(2)35)23-12-15-30-27(16-23)31(37)26-8-6-7-9-29(26)40-30/h6-16,18,28H,17H2,1-5H3/b24-18+. The van der Waals surface area contributed by atoms with Gasteiger partial charge in [-0.25, -0.2) is 0 Å². The van der Waals surface area contributed by atoms with E-state index in [1.54, 1.807) is 12.1 Å². The third-order valence-electron chi connectivity index (χ3n) is 6.34. The lowest BCUT2D eigenvalue weighted by molar-refractivity contribution is -0.205. The van der Waals surface area contributed by atoms with Crippen LogP contribution in [0.15, 0.2) is 77.8 Å². The molecule has 1 aromatic heterocycles. The van der Waals surface area contributed by atoms with Gasteiger partial charge in [0, 0.05) is 67.1 Å². The number of nitrogens with zero attached hydrogens (tertiary/aromatic N) is 2. The molecule has 9 heteroatoms. The van der Waals surface area contributed by atoms with Crippen molar-refractivity contribution in [2.75, 3.05) is 19.0 Å². The number of rotatable bonds is 7. The Kier molecular flexibility index (Phi) is 8.64. The van der Waals surface area contributed by atoms with E-state index >= 15 is 0 Å². The number of benzene rings is 3. The molecule has 0 aliphatic carbocycles. The highest BCUT2D eigenvalue weighted by Gasteiger charge is 2.28. The molecule has 1 unspecified atom stereocenters. The van der Waals surface area contributed by atoms with Crippen LogP contribution in [-0.4, -0.2) is 37.0 Å². The Balaban J connectivity index is 1.85. The summed E-state index contributed by atoms with van der Waals surface area (Å²) in [7, 11) is 3.84. The lowest BCUT2D eigenvalue weighted by atomic mass is 9.94. The fourth-order valence-electron chi connectivity index (χ4n) is 4.42. The molecule has 0 radical (unpaired) electrons. The molecule has 0 bridgehead atoms. The van der Waals surface area contributed by atoms with Crippen molar-refractivity contribution in [3.8, 4) is 0 Å². The van der Waals surface area contributed by atoms with Crippen LogP contribution in [-0.2, 0) is 24.0 Å². The second-order valence-electron chi connectivity index (χ2n) is 9.52. The van der Waals surface area contributed by atoms with Gasteiger partial charge in [0.1, 0.15) is 0 Å². The van der Waals surface area contributed by atoms with Gasteiger partial charge in [-0.05, 0) is 53.1 Å². The average Bonchev–Trinajstić information content (AvgIpc) is 2.92. The molecule has 0 N–H and O–H groups in total. The van der Waals surface area contributed by atoms with E-state index < -0.39 is 23.9 Å². The molecule has 0 spiro atoms. The van der Waals surface area contributed by atoms with Crippen LogP contribution in [0.1, 0.15) is 44.4 Å². The number of carbonyl (C=O) groups excluding carboxylic acids is 3. The Morgan fingerprint density at radius 2 is 1.55 bits per heavy atom. The molecule has 0 aliphatic heterocycles. The summed E-state index contributed by atoms with van der Waals surface area (Å²) in [5, 5.41) is 2.19. The van der Waals surface area contributed by atoms with Crippen LogP contribution in [0.4, 0.5) is 5.69 Å². The fraction of sp³-hybridized carbons (Fsp3) is 0.226. The first kappa shape index (κ1) is 28.5. The molecule has 1 heterocycles. The number of fused-ring (bicyclic) bond motifs is 2. The van der Waals surface area contributed by atoms with Crippen LogP contribution in [0.3, 0.4) is 0 Å². The van der Waals surface area contributed by atoms with E-state index in [9.17, 15) is 19.2 Å². The summed E-state index contributed by atoms with van der Waals surface area (Å²) in [6.45, 7) is 3.82. The Bertz CT molecular complexity index is 1670. The van der Waals surface area contributed by atoms with Crippen molar-refractivity contribution in [1.29, 1.82) is 0 Å². The predicted molar refractivity (Wildman–Crippen MR) is 158 cm³/mol. The molecule has 40 heavy (non-hydrogen) atoms. The smallest absolute Gasteiger partial charge is 0.329 e. The highest BCUT2D eigenvalue weighted by Crippen LogP contribution is 2.35. The zero-order valence-corrected chi connectivity index (χ0v) is 23.8. The highest BCUT2D eigenvalue weighted by atomic mass is 32.1. The summed E-state index contributed by atoms with van der Waals surface area (Å²) < 4.78 is 7.00. The molecule has 0 fully saturated rings. The van der Waals surface area contributed by atoms with Crippen molar-refractivity contribution in [3.05, 3.63) is 94.3 Å². The van der Waals surface area contributed by atoms with Gasteiger partial charge in [-0.2, -0.15) is 5.06 Å². The van der Waals surface area contributed by atoms with Crippen molar-refractivity contribution >= 4 is 60.6 Å². The van der Waals surface area contributed by atoms with Crippen molar-refractivity contribution < 1.29 is 24.0 Å². The Hall–Kier alpha value is -4.50. The van der Waals surface area contributed by atoms with E-state index in [-0.39, 0.29) is 11.8 Å². The maximum absolute atomic E-state index is 13.4. The molecule has 0 aliphatic rings. The van der Waals surface area contributed by atoms with Gasteiger partial charge in [0.2, 0.25) is 0 Å². The van der Waals surface area contributed by atoms with Gasteiger partial charge in [0.15, 0.2) is 5.43 Å². The van der Waals surface area contributed by atoms with Gasteiger partial charge < -0.3 is 14.5 Å². The third kappa shape index (κ3) is 6.38. The summed E-state index contributed by atoms with van der Waals surface area (Å²) >= 11 is 1.51. The Morgan fingerprint density at radius 1 is 0.875 bits per heavy atom. The molecule has 4 rings (SSSR count). The third-order valence-corrected chi connectivity index (χ3v) is 7.49. The summed E-state index contributed by atoms with van der Waals surface area (Å²) in [6, 6.07) is 19.7. The minimum atomic E-state index is -0.749. The van der Waals surface area contributed by atoms with Crippen LogP contribution >= 0.6 is 11.3 Å². The van der Waals surface area contributed by atoms with Crippen molar-refractivity contribution in [3.63, 3.8) is 0 Å². The SMILES string of the molecule is CC(=O)O/C=C(\CC(c1ccc(N(C)C)cc1)N(OC(C)=O)C(C)=O)c1ccc2sc3ccccc3c(=O)c2c1. The predicted octanol–water partition coefficient (Wildman–Crippen LogP) is 5.84. The van der Waals surface area contributed by atoms with Crippen LogP contribution in [0.25, 0.3) is 25.7 Å². The second kappa shape index (κ2) is 12.1. The summed E-state index contributed by atoms with van der Waals surface area (Å²) in [5.41, 5.74) is 2.73. The number of hydrogen-bond donors (Lipinski definition) is 0. The Labute approximate surface area is 236 Å². The lowest BCUT2D eigenvalue weighted by Crippen LogP contribution is -2.35. The van der Waals surface area contributed by atoms with Gasteiger partial charge in [-0.15, -0.1) is 11.3 Å². The Morgan fingerprint density at radius 3 is 2.17 bits per heavy atom. The van der Waals surface area contributed by atoms with E-state index in [1.807, 2.05) is 73.6 Å². The molecule has 1 atom stereocenters. The minimum Gasteiger partial charge on any atom is -0.434 e. The van der Waals surface area contributed by atoms with Gasteiger partial charge >= 0.3 is 11.9 Å². The molecular weight excluding hydrogens is 528 g/mol. The van der Waals surface area contributed by atoms with Crippen molar-refractivity contribution in [1.82, 2.24) is 5.06 Å². The van der Waals surface area contributed by atoms with Crippen molar-refractivity contribution in [2.45, 2.75) is 33.2 Å². The molecule has 4 aromatic rings. The molecule has 0 saturated heterocycles. The van der Waals surface area contributed by atoms with E-state index in [0.29, 0.717) is 27.5 Å². The monoisotopic (exact) mass is 558 g/mol. The molecule has 0 saturated carbocycles. The average molecular weight is 559 g/mol. The summed E-state index contributed by atoms with van der Waals surface area (Å²) in [5.74, 6) is -1.64. The zero-order chi connectivity index (χ0) is 29.0. The van der Waals surface area contributed by atoms with Gasteiger partial charge in [0.25, 0.3) is 5.91 Å². The number of hydrogen-bond acceptors (Lipinski definition) is 8. The van der Waals surface area contributed by atoms with Crippen molar-refractivity contribution in [2.24, 2.45) is 0 Å². The van der Waals surface area contributed by atoms with Gasteiger partial charge in [-0.1, -0.05) is 30.3 Å². The lowest BCUT2D eigenvalue weighted by Gasteiger charge is -2.30. The quantitative estimate of drug-likeness (QED) is 0.122. The number of hydroxylamine groups is 2. The van der Waals surface area contributed by atoms with Crippen LogP contribution in [0.2, 0.25) is 0 Å². The number of amides is 1. The van der Waals surface area contributed by atoms with E-state index in [2.05, 4.69) is 0 Å². The van der Waals surface area contributed by atoms with Gasteiger partial charge in [-0.3, -0.25) is 19.2 Å². The van der Waals surface area contributed by atoms with Crippen LogP contribution in [0, 0.1) is 0 Å². The van der Waals surface area contributed by atoms with E-state index in [0.717, 1.165) is 20.2 Å². The molecule has 8 nitrogen and oxygen atoms in total. The molecular formula is C31H30N2O6S. The van der Waals surface area contributed by atoms with Crippen LogP contribution in [0.5, 0.6) is 0 Å². The fourth-order valence-corrected chi connectivity index (χ4v) is 5.47. The second-order valence-corrected chi connectivity index (χ2v) is 10.6. The summed E-state index contributed by atoms with van der Waals surface area (Å²) in [4.78, 5) is 57.1. The maximum Gasteiger partial charge on any atom is 0.329 e. The normalized spacial score (nSPS) is 12.2. The number of esters is 1. The highest BCUT2D eigenvalue weighted by molar-refractivity contribution is 7.24. The first-order chi connectivity index (χ1) is 19.0. The largest absolute Gasteiger partial charge is 0.434 e. The van der Waals surface area contributed by atoms with Gasteiger partial charge in [0.05, 0.1) is 12.3 Å². The van der Waals surface area contributed by atoms with E-state index in [1.165, 1.54) is 38.4 Å². The first-order valence-electron chi connectivity index (χ1n) is 12.6. The van der Waals surface area contributed by atoms with Crippen LogP contribution < -0.4 is 10.3 Å². The molecule has 206 valence electrons. The topological polar surface area (TPSA) is 93.2 Å². The number of anilines is 1. The summed E-state index contributed by atoms with van der Waals surface area (Å²) in [6.07, 6.45) is 1.45. The number of ether oxygens (including phenoxy) is 1. The zero-order valence-electron chi connectivity index (χ0n) is 23.0.